The zero-order valence-corrected chi connectivity index (χ0v) is 11.4. The van der Waals surface area contributed by atoms with Crippen LogP contribution in [0.4, 0.5) is 5.82 Å². The number of H-pyrrole nitrogens is 1. The summed E-state index contributed by atoms with van der Waals surface area (Å²) in [5.41, 5.74) is 6.08. The van der Waals surface area contributed by atoms with Crippen molar-refractivity contribution in [3.05, 3.63) is 22.6 Å². The SMILES string of the molecule is NCC(Nc1ccc2n[nH]c(=O)n2n1)C1CCCCC1. The monoisotopic (exact) mass is 276 g/mol. The Morgan fingerprint density at radius 2 is 2.20 bits per heavy atom. The summed E-state index contributed by atoms with van der Waals surface area (Å²) in [6.45, 7) is 0.574. The zero-order valence-electron chi connectivity index (χ0n) is 11.4. The van der Waals surface area contributed by atoms with Gasteiger partial charge in [0.25, 0.3) is 0 Å². The average molecular weight is 276 g/mol. The van der Waals surface area contributed by atoms with Gasteiger partial charge in [-0.1, -0.05) is 19.3 Å². The molecule has 2 aromatic rings. The highest BCUT2D eigenvalue weighted by Crippen LogP contribution is 2.27. The smallest absolute Gasteiger partial charge is 0.364 e. The number of nitrogens with one attached hydrogen (secondary N) is 2. The van der Waals surface area contributed by atoms with Gasteiger partial charge >= 0.3 is 5.69 Å². The molecule has 0 radical (unpaired) electrons. The zero-order chi connectivity index (χ0) is 13.9. The normalized spacial score (nSPS) is 18.2. The molecule has 1 aliphatic rings. The lowest BCUT2D eigenvalue weighted by atomic mass is 9.84. The van der Waals surface area contributed by atoms with Crippen LogP contribution < -0.4 is 16.7 Å². The van der Waals surface area contributed by atoms with Crippen molar-refractivity contribution in [3.8, 4) is 0 Å². The second-order valence-electron chi connectivity index (χ2n) is 5.40. The van der Waals surface area contributed by atoms with Gasteiger partial charge in [-0.25, -0.2) is 9.89 Å². The van der Waals surface area contributed by atoms with E-state index in [4.69, 9.17) is 5.73 Å². The summed E-state index contributed by atoms with van der Waals surface area (Å²) in [6, 6.07) is 3.81. The molecule has 0 saturated heterocycles. The highest BCUT2D eigenvalue weighted by Gasteiger charge is 2.22. The summed E-state index contributed by atoms with van der Waals surface area (Å²) < 4.78 is 1.26. The van der Waals surface area contributed by atoms with Gasteiger partial charge in [-0.3, -0.25) is 0 Å². The number of fused-ring (bicyclic) bond motifs is 1. The van der Waals surface area contributed by atoms with Gasteiger partial charge in [-0.2, -0.15) is 9.61 Å². The Bertz CT molecular complexity index is 627. The molecule has 2 aromatic heterocycles. The summed E-state index contributed by atoms with van der Waals surface area (Å²) in [4.78, 5) is 11.5. The molecule has 0 spiro atoms. The minimum absolute atomic E-state index is 0.211. The second kappa shape index (κ2) is 5.62. The number of aromatic nitrogens is 4. The number of aromatic amines is 1. The molecule has 2 heterocycles. The Balaban J connectivity index is 1.79. The van der Waals surface area contributed by atoms with Crippen LogP contribution in [0.15, 0.2) is 16.9 Å². The van der Waals surface area contributed by atoms with E-state index in [1.165, 1.54) is 36.6 Å². The van der Waals surface area contributed by atoms with Crippen molar-refractivity contribution in [2.24, 2.45) is 11.7 Å². The van der Waals surface area contributed by atoms with Crippen LogP contribution in [0.5, 0.6) is 0 Å². The van der Waals surface area contributed by atoms with Gasteiger partial charge in [0.05, 0.1) is 0 Å². The first-order valence-electron chi connectivity index (χ1n) is 7.19. The number of nitrogens with zero attached hydrogens (tertiary/aromatic N) is 3. The number of hydrogen-bond acceptors (Lipinski definition) is 5. The molecule has 4 N–H and O–H groups in total. The van der Waals surface area contributed by atoms with Crippen LogP contribution in [0, 0.1) is 5.92 Å². The van der Waals surface area contributed by atoms with Crippen molar-refractivity contribution < 1.29 is 0 Å². The molecular formula is C13H20N6O. The van der Waals surface area contributed by atoms with Crippen LogP contribution in [0.25, 0.3) is 5.65 Å². The molecule has 0 aliphatic heterocycles. The van der Waals surface area contributed by atoms with E-state index in [1.807, 2.05) is 6.07 Å². The maximum atomic E-state index is 11.5. The van der Waals surface area contributed by atoms with Crippen molar-refractivity contribution in [2.75, 3.05) is 11.9 Å². The molecular weight excluding hydrogens is 256 g/mol. The number of anilines is 1. The third kappa shape index (κ3) is 2.53. The molecule has 0 aromatic carbocycles. The van der Waals surface area contributed by atoms with Crippen LogP contribution in [0.2, 0.25) is 0 Å². The van der Waals surface area contributed by atoms with E-state index in [0.29, 0.717) is 23.9 Å². The van der Waals surface area contributed by atoms with E-state index >= 15 is 0 Å². The minimum atomic E-state index is -0.328. The molecule has 0 amide bonds. The first kappa shape index (κ1) is 13.1. The van der Waals surface area contributed by atoms with Crippen molar-refractivity contribution >= 4 is 11.5 Å². The quantitative estimate of drug-likeness (QED) is 0.764. The Hall–Kier alpha value is -1.89. The fourth-order valence-electron chi connectivity index (χ4n) is 2.98. The van der Waals surface area contributed by atoms with Gasteiger partial charge in [0.2, 0.25) is 0 Å². The van der Waals surface area contributed by atoms with E-state index in [2.05, 4.69) is 20.6 Å². The summed E-state index contributed by atoms with van der Waals surface area (Å²) in [5, 5.41) is 13.9. The topological polar surface area (TPSA) is 101 Å². The lowest BCUT2D eigenvalue weighted by molar-refractivity contribution is 0.320. The fraction of sp³-hybridized carbons (Fsp3) is 0.615. The fourth-order valence-corrected chi connectivity index (χ4v) is 2.98. The first-order valence-corrected chi connectivity index (χ1v) is 7.19. The van der Waals surface area contributed by atoms with Gasteiger partial charge in [0.1, 0.15) is 5.82 Å². The lowest BCUT2D eigenvalue weighted by Gasteiger charge is -2.30. The molecule has 7 heteroatoms. The third-order valence-corrected chi connectivity index (χ3v) is 4.08. The molecule has 108 valence electrons. The molecule has 1 saturated carbocycles. The van der Waals surface area contributed by atoms with Gasteiger partial charge in [-0.15, -0.1) is 5.10 Å². The van der Waals surface area contributed by atoms with Gasteiger partial charge in [0, 0.05) is 12.6 Å². The standard InChI is InChI=1S/C13H20N6O/c14-8-10(9-4-2-1-3-5-9)15-11-6-7-12-16-17-13(20)19(12)18-11/h6-7,9-10H,1-5,8,14H2,(H,15,18)(H,17,20). The molecule has 1 atom stereocenters. The van der Waals surface area contributed by atoms with Crippen LogP contribution in [0.3, 0.4) is 0 Å². The van der Waals surface area contributed by atoms with E-state index in [-0.39, 0.29) is 11.7 Å². The Morgan fingerprint density at radius 1 is 1.40 bits per heavy atom. The van der Waals surface area contributed by atoms with Crippen molar-refractivity contribution in [1.29, 1.82) is 0 Å². The lowest BCUT2D eigenvalue weighted by Crippen LogP contribution is -2.37. The second-order valence-corrected chi connectivity index (χ2v) is 5.40. The van der Waals surface area contributed by atoms with Crippen molar-refractivity contribution in [2.45, 2.75) is 38.1 Å². The third-order valence-electron chi connectivity index (χ3n) is 4.08. The van der Waals surface area contributed by atoms with Crippen molar-refractivity contribution in [3.63, 3.8) is 0 Å². The van der Waals surface area contributed by atoms with Crippen LogP contribution in [-0.4, -0.2) is 32.4 Å². The van der Waals surface area contributed by atoms with Crippen LogP contribution in [-0.2, 0) is 0 Å². The Labute approximate surface area is 116 Å². The highest BCUT2D eigenvalue weighted by atomic mass is 16.2. The Morgan fingerprint density at radius 3 is 2.95 bits per heavy atom. The van der Waals surface area contributed by atoms with E-state index in [9.17, 15) is 4.79 Å². The molecule has 1 aliphatic carbocycles. The maximum Gasteiger partial charge on any atom is 0.364 e. The van der Waals surface area contributed by atoms with E-state index in [0.717, 1.165) is 0 Å². The van der Waals surface area contributed by atoms with Crippen LogP contribution in [0.1, 0.15) is 32.1 Å². The molecule has 20 heavy (non-hydrogen) atoms. The van der Waals surface area contributed by atoms with Gasteiger partial charge < -0.3 is 11.1 Å². The number of rotatable bonds is 4. The summed E-state index contributed by atoms with van der Waals surface area (Å²) in [6.07, 6.45) is 6.29. The van der Waals surface area contributed by atoms with Gasteiger partial charge in [-0.05, 0) is 30.9 Å². The summed E-state index contributed by atoms with van der Waals surface area (Å²) in [5.74, 6) is 1.26. The van der Waals surface area contributed by atoms with Crippen molar-refractivity contribution in [1.82, 2.24) is 19.8 Å². The first-order chi connectivity index (χ1) is 9.78. The molecule has 7 nitrogen and oxygen atoms in total. The predicted octanol–water partition coefficient (Wildman–Crippen LogP) is 0.737. The summed E-state index contributed by atoms with van der Waals surface area (Å²) in [7, 11) is 0. The van der Waals surface area contributed by atoms with E-state index < -0.39 is 0 Å². The summed E-state index contributed by atoms with van der Waals surface area (Å²) >= 11 is 0. The molecule has 1 fully saturated rings. The molecule has 1 unspecified atom stereocenters. The largest absolute Gasteiger partial charge is 0.364 e. The van der Waals surface area contributed by atoms with E-state index in [1.54, 1.807) is 6.07 Å². The average Bonchev–Trinajstić information content (AvgIpc) is 2.87. The molecule has 0 bridgehead atoms. The van der Waals surface area contributed by atoms with Gasteiger partial charge in [0.15, 0.2) is 5.65 Å². The highest BCUT2D eigenvalue weighted by molar-refractivity contribution is 5.43. The minimum Gasteiger partial charge on any atom is -0.364 e. The predicted molar refractivity (Wildman–Crippen MR) is 76.6 cm³/mol. The maximum absolute atomic E-state index is 11.5. The number of hydrogen-bond donors (Lipinski definition) is 3. The Kier molecular flexibility index (Phi) is 3.68. The van der Waals surface area contributed by atoms with Crippen LogP contribution >= 0.6 is 0 Å². The number of nitrogens with two attached hydrogens (primary N) is 1. The molecule has 3 rings (SSSR count).